The van der Waals surface area contributed by atoms with Crippen LogP contribution in [0.3, 0.4) is 0 Å². The zero-order valence-corrected chi connectivity index (χ0v) is 21.2. The number of hydrogen-bond donors (Lipinski definition) is 1. The summed E-state index contributed by atoms with van der Waals surface area (Å²) >= 11 is 0. The van der Waals surface area contributed by atoms with Crippen LogP contribution in [0.15, 0.2) is 71.9 Å². The first-order valence-corrected chi connectivity index (χ1v) is 11.3. The third kappa shape index (κ3) is 7.18. The van der Waals surface area contributed by atoms with Gasteiger partial charge in [-0.2, -0.15) is 5.10 Å². The first-order chi connectivity index (χ1) is 15.7. The molecule has 0 saturated carbocycles. The van der Waals surface area contributed by atoms with Crippen LogP contribution < -0.4 is 10.1 Å². The first-order valence-electron chi connectivity index (χ1n) is 11.3. The maximum atomic E-state index is 13.1. The molecule has 0 unspecified atom stereocenters. The van der Waals surface area contributed by atoms with Crippen LogP contribution in [0.2, 0.25) is 0 Å². The predicted octanol–water partition coefficient (Wildman–Crippen LogP) is 4.68. The second kappa shape index (κ2) is 12.6. The van der Waals surface area contributed by atoms with Crippen molar-refractivity contribution in [2.24, 2.45) is 4.99 Å². The second-order valence-corrected chi connectivity index (χ2v) is 7.83. The maximum absolute atomic E-state index is 13.1. The summed E-state index contributed by atoms with van der Waals surface area (Å²) in [5.41, 5.74) is 1.80. The molecule has 0 aliphatic carbocycles. The number of hydrogen-bond acceptors (Lipinski definition) is 3. The first kappa shape index (κ1) is 25.0. The lowest BCUT2D eigenvalue weighted by molar-refractivity contribution is 0.129. The minimum atomic E-state index is -0.248. The molecule has 33 heavy (non-hydrogen) atoms. The third-order valence-electron chi connectivity index (χ3n) is 5.49. The fraction of sp³-hybridized carbons (Fsp3) is 0.360. The van der Waals surface area contributed by atoms with Crippen molar-refractivity contribution in [2.75, 3.05) is 26.2 Å². The van der Waals surface area contributed by atoms with E-state index in [0.29, 0.717) is 6.54 Å². The molecule has 1 saturated heterocycles. The van der Waals surface area contributed by atoms with Gasteiger partial charge in [-0.05, 0) is 49.4 Å². The zero-order valence-electron chi connectivity index (χ0n) is 18.9. The molecule has 2 aromatic carbocycles. The van der Waals surface area contributed by atoms with E-state index in [2.05, 4.69) is 22.2 Å². The Hall–Kier alpha value is -2.62. The summed E-state index contributed by atoms with van der Waals surface area (Å²) in [5, 5.41) is 8.00. The van der Waals surface area contributed by atoms with Crippen LogP contribution >= 0.6 is 24.0 Å². The van der Waals surface area contributed by atoms with Crippen LogP contribution in [-0.4, -0.2) is 52.9 Å². The van der Waals surface area contributed by atoms with Gasteiger partial charge in [-0.25, -0.2) is 9.07 Å². The number of likely N-dealkylation sites (tertiary alicyclic amines) is 1. The fourth-order valence-corrected chi connectivity index (χ4v) is 3.81. The monoisotopic (exact) mass is 563 g/mol. The molecule has 2 heterocycles. The van der Waals surface area contributed by atoms with Gasteiger partial charge in [0.25, 0.3) is 0 Å². The number of nitrogens with zero attached hydrogens (tertiary/aromatic N) is 4. The third-order valence-corrected chi connectivity index (χ3v) is 5.49. The average molecular weight is 563 g/mol. The lowest BCUT2D eigenvalue weighted by Gasteiger charge is -2.34. The van der Waals surface area contributed by atoms with Gasteiger partial charge in [0, 0.05) is 51.6 Å². The molecule has 0 radical (unpaired) electrons. The standard InChI is InChI=1S/C25H30FN5O.HI/c1-2-27-25(30-17-14-24(15-18-30)32-23-6-4-3-5-7-23)28-16-12-21-13-19-31(29-21)22-10-8-20(26)9-11-22;/h3-11,13,19,24H,2,12,14-18H2,1H3,(H,27,28);1H. The van der Waals surface area contributed by atoms with E-state index < -0.39 is 0 Å². The molecule has 176 valence electrons. The quantitative estimate of drug-likeness (QED) is 0.258. The second-order valence-electron chi connectivity index (χ2n) is 7.83. The summed E-state index contributed by atoms with van der Waals surface area (Å²) in [6.07, 6.45) is 4.83. The van der Waals surface area contributed by atoms with Crippen molar-refractivity contribution in [1.82, 2.24) is 20.0 Å². The normalized spacial score (nSPS) is 14.6. The molecular weight excluding hydrogens is 532 g/mol. The predicted molar refractivity (Wildman–Crippen MR) is 140 cm³/mol. The van der Waals surface area contributed by atoms with Gasteiger partial charge in [-0.1, -0.05) is 18.2 Å². The molecule has 8 heteroatoms. The molecule has 0 bridgehead atoms. The Labute approximate surface area is 211 Å². The Balaban J connectivity index is 0.00000306. The SMILES string of the molecule is CCNC(=NCCc1ccn(-c2ccc(F)cc2)n1)N1CCC(Oc2ccccc2)CC1.I. The molecule has 0 amide bonds. The number of para-hydroxylation sites is 1. The van der Waals surface area contributed by atoms with Crippen LogP contribution in [0.5, 0.6) is 5.75 Å². The molecule has 1 aromatic heterocycles. The molecular formula is C25H31FIN5O. The highest BCUT2D eigenvalue weighted by molar-refractivity contribution is 14.0. The molecule has 1 aliphatic heterocycles. The summed E-state index contributed by atoms with van der Waals surface area (Å²) in [7, 11) is 0. The van der Waals surface area contributed by atoms with E-state index in [9.17, 15) is 4.39 Å². The van der Waals surface area contributed by atoms with Gasteiger partial charge < -0.3 is 15.0 Å². The van der Waals surface area contributed by atoms with E-state index in [1.807, 2.05) is 42.6 Å². The Morgan fingerprint density at radius 3 is 2.52 bits per heavy atom. The molecule has 3 aromatic rings. The molecule has 0 spiro atoms. The largest absolute Gasteiger partial charge is 0.490 e. The lowest BCUT2D eigenvalue weighted by Crippen LogP contribution is -2.47. The Morgan fingerprint density at radius 1 is 1.09 bits per heavy atom. The van der Waals surface area contributed by atoms with Crippen LogP contribution in [0.1, 0.15) is 25.5 Å². The number of benzene rings is 2. The van der Waals surface area contributed by atoms with Crippen LogP contribution in [-0.2, 0) is 6.42 Å². The number of guanidine groups is 1. The minimum absolute atomic E-state index is 0. The van der Waals surface area contributed by atoms with Gasteiger partial charge in [0.05, 0.1) is 11.4 Å². The number of rotatable bonds is 7. The minimum Gasteiger partial charge on any atom is -0.490 e. The van der Waals surface area contributed by atoms with E-state index in [0.717, 1.165) is 62.0 Å². The summed E-state index contributed by atoms with van der Waals surface area (Å²) in [4.78, 5) is 7.14. The van der Waals surface area contributed by atoms with E-state index in [1.54, 1.807) is 16.8 Å². The van der Waals surface area contributed by atoms with Crippen LogP contribution in [0.25, 0.3) is 5.69 Å². The van der Waals surface area contributed by atoms with Crippen molar-refractivity contribution in [3.8, 4) is 11.4 Å². The van der Waals surface area contributed by atoms with E-state index in [1.165, 1.54) is 12.1 Å². The van der Waals surface area contributed by atoms with Crippen molar-refractivity contribution >= 4 is 29.9 Å². The number of ether oxygens (including phenoxy) is 1. The topological polar surface area (TPSA) is 54.7 Å². The van der Waals surface area contributed by atoms with Crippen molar-refractivity contribution in [3.63, 3.8) is 0 Å². The smallest absolute Gasteiger partial charge is 0.193 e. The van der Waals surface area contributed by atoms with Gasteiger partial charge in [-0.15, -0.1) is 24.0 Å². The zero-order chi connectivity index (χ0) is 22.2. The molecule has 0 atom stereocenters. The molecule has 1 N–H and O–H groups in total. The van der Waals surface area contributed by atoms with Crippen molar-refractivity contribution in [2.45, 2.75) is 32.3 Å². The van der Waals surface area contributed by atoms with E-state index >= 15 is 0 Å². The molecule has 6 nitrogen and oxygen atoms in total. The van der Waals surface area contributed by atoms with Crippen molar-refractivity contribution < 1.29 is 9.13 Å². The number of halogens is 2. The Kier molecular flexibility index (Phi) is 9.53. The number of piperidine rings is 1. The van der Waals surface area contributed by atoms with Crippen molar-refractivity contribution in [3.05, 3.63) is 78.4 Å². The lowest BCUT2D eigenvalue weighted by atomic mass is 10.1. The summed E-state index contributed by atoms with van der Waals surface area (Å²) < 4.78 is 21.0. The summed E-state index contributed by atoms with van der Waals surface area (Å²) in [5.74, 6) is 1.64. The van der Waals surface area contributed by atoms with Crippen LogP contribution in [0.4, 0.5) is 4.39 Å². The highest BCUT2D eigenvalue weighted by Gasteiger charge is 2.22. The molecule has 1 fully saturated rings. The van der Waals surface area contributed by atoms with Gasteiger partial charge in [-0.3, -0.25) is 4.99 Å². The Bertz CT molecular complexity index is 1000. The van der Waals surface area contributed by atoms with Crippen molar-refractivity contribution in [1.29, 1.82) is 0 Å². The Morgan fingerprint density at radius 2 is 1.82 bits per heavy atom. The number of aromatic nitrogens is 2. The van der Waals surface area contributed by atoms with Gasteiger partial charge in [0.2, 0.25) is 0 Å². The highest BCUT2D eigenvalue weighted by atomic mass is 127. The maximum Gasteiger partial charge on any atom is 0.193 e. The molecule has 4 rings (SSSR count). The molecule has 1 aliphatic rings. The van der Waals surface area contributed by atoms with E-state index in [4.69, 9.17) is 9.73 Å². The van der Waals surface area contributed by atoms with Gasteiger partial charge in [0.1, 0.15) is 17.7 Å². The summed E-state index contributed by atoms with van der Waals surface area (Å²) in [6, 6.07) is 18.3. The summed E-state index contributed by atoms with van der Waals surface area (Å²) in [6.45, 7) is 5.41. The fourth-order valence-electron chi connectivity index (χ4n) is 3.81. The van der Waals surface area contributed by atoms with Crippen LogP contribution in [0, 0.1) is 5.82 Å². The number of nitrogens with one attached hydrogen (secondary N) is 1. The van der Waals surface area contributed by atoms with Gasteiger partial charge in [0.15, 0.2) is 5.96 Å². The van der Waals surface area contributed by atoms with E-state index in [-0.39, 0.29) is 35.9 Å². The average Bonchev–Trinajstić information content (AvgIpc) is 3.29. The highest BCUT2D eigenvalue weighted by Crippen LogP contribution is 2.18. The number of aliphatic imine (C=N–C) groups is 1. The van der Waals surface area contributed by atoms with Gasteiger partial charge >= 0.3 is 0 Å².